The summed E-state index contributed by atoms with van der Waals surface area (Å²) >= 11 is 0. The van der Waals surface area contributed by atoms with Gasteiger partial charge in [-0.15, -0.1) is 0 Å². The summed E-state index contributed by atoms with van der Waals surface area (Å²) < 4.78 is 2.15. The third-order valence-electron chi connectivity index (χ3n) is 5.34. The average Bonchev–Trinajstić information content (AvgIpc) is 3.07. The molecular weight excluding hydrogens is 317 g/mol. The number of hydrogen-bond donors (Lipinski definition) is 2. The van der Waals surface area contributed by atoms with Crippen molar-refractivity contribution >= 4 is 24.7 Å². The summed E-state index contributed by atoms with van der Waals surface area (Å²) in [5, 5.41) is 19.2. The number of amides is 1. The van der Waals surface area contributed by atoms with Crippen LogP contribution in [0, 0.1) is 5.41 Å². The van der Waals surface area contributed by atoms with Crippen molar-refractivity contribution in [2.75, 3.05) is 11.4 Å². The van der Waals surface area contributed by atoms with Crippen molar-refractivity contribution in [1.29, 1.82) is 0 Å². The van der Waals surface area contributed by atoms with Crippen molar-refractivity contribution in [3.8, 4) is 0 Å². The molecule has 1 amide bonds. The second-order valence-electron chi connectivity index (χ2n) is 7.72. The normalized spacial score (nSPS) is 18.2. The third-order valence-corrected chi connectivity index (χ3v) is 5.34. The van der Waals surface area contributed by atoms with E-state index in [2.05, 4.69) is 23.4 Å². The maximum atomic E-state index is 13.1. The molecule has 3 heterocycles. The molecule has 1 aliphatic heterocycles. The molecule has 6 nitrogen and oxygen atoms in total. The Morgan fingerprint density at radius 1 is 1.32 bits per heavy atom. The number of anilines is 1. The molecule has 4 rings (SSSR count). The first kappa shape index (κ1) is 16.4. The topological polar surface area (TPSA) is 78.6 Å². The highest BCUT2D eigenvalue weighted by Gasteiger charge is 2.37. The predicted octanol–water partition coefficient (Wildman–Crippen LogP) is 0.130. The molecule has 1 aliphatic carbocycles. The highest BCUT2D eigenvalue weighted by molar-refractivity contribution is 6.46. The summed E-state index contributed by atoms with van der Waals surface area (Å²) in [5.74, 6) is 0.364. The second kappa shape index (κ2) is 5.71. The van der Waals surface area contributed by atoms with Crippen molar-refractivity contribution in [3.63, 3.8) is 0 Å². The minimum Gasteiger partial charge on any atom is -0.449 e. The van der Waals surface area contributed by atoms with Gasteiger partial charge < -0.3 is 14.7 Å². The van der Waals surface area contributed by atoms with Crippen LogP contribution in [0.4, 0.5) is 5.82 Å². The number of aromatic nitrogens is 2. The number of aliphatic hydroxyl groups excluding tert-OH is 1. The smallest absolute Gasteiger partial charge is 0.305 e. The minimum absolute atomic E-state index is 0.0873. The zero-order chi connectivity index (χ0) is 17.8. The van der Waals surface area contributed by atoms with Gasteiger partial charge in [0, 0.05) is 30.5 Å². The van der Waals surface area contributed by atoms with Crippen LogP contribution in [0.15, 0.2) is 18.3 Å². The van der Waals surface area contributed by atoms with Crippen molar-refractivity contribution in [2.45, 2.75) is 39.8 Å². The summed E-state index contributed by atoms with van der Waals surface area (Å²) in [6, 6.07) is 3.69. The first-order chi connectivity index (χ1) is 11.9. The molecule has 0 unspecified atom stereocenters. The molecule has 7 heteroatoms. The van der Waals surface area contributed by atoms with Crippen molar-refractivity contribution in [3.05, 3.63) is 40.8 Å². The molecule has 2 aromatic rings. The molecule has 0 saturated heterocycles. The van der Waals surface area contributed by atoms with Crippen LogP contribution >= 0.6 is 0 Å². The number of carbonyl (C=O) groups is 1. The van der Waals surface area contributed by atoms with Gasteiger partial charge in [0.2, 0.25) is 0 Å². The molecule has 130 valence electrons. The van der Waals surface area contributed by atoms with E-state index in [1.54, 1.807) is 17.2 Å². The third kappa shape index (κ3) is 2.50. The Hall–Kier alpha value is -2.12. The van der Waals surface area contributed by atoms with E-state index in [1.807, 2.05) is 6.07 Å². The van der Waals surface area contributed by atoms with Crippen LogP contribution in [-0.2, 0) is 26.0 Å². The highest BCUT2D eigenvalue weighted by Crippen LogP contribution is 2.39. The molecule has 0 bridgehead atoms. The van der Waals surface area contributed by atoms with Gasteiger partial charge in [0.25, 0.3) is 5.91 Å². The molecular formula is C18H22BN3O3. The molecule has 0 atom stereocenters. The van der Waals surface area contributed by atoms with Gasteiger partial charge in [-0.05, 0) is 41.4 Å². The number of carbonyl (C=O) groups excluding carboxylic acids is 1. The largest absolute Gasteiger partial charge is 0.449 e. The Kier molecular flexibility index (Phi) is 3.74. The van der Waals surface area contributed by atoms with Gasteiger partial charge >= 0.3 is 7.48 Å². The molecule has 0 radical (unpaired) electrons. The first-order valence-corrected chi connectivity index (χ1v) is 8.67. The zero-order valence-corrected chi connectivity index (χ0v) is 14.6. The molecule has 0 aromatic carbocycles. The van der Waals surface area contributed by atoms with Crippen LogP contribution in [0.3, 0.4) is 0 Å². The second-order valence-corrected chi connectivity index (χ2v) is 7.72. The van der Waals surface area contributed by atoms with Gasteiger partial charge in [-0.25, -0.2) is 4.98 Å². The van der Waals surface area contributed by atoms with Crippen molar-refractivity contribution in [2.24, 2.45) is 5.41 Å². The standard InChI is InChI=1S/C18H22BN3O3/c1-18(2)8-11-7-14-17(24)22(6-5-21(14)15(11)9-18)16-12(10-23)13(19-25)3-4-20-16/h3-4,7,19,23,25H,5-6,8-10H2,1-2H3. The van der Waals surface area contributed by atoms with Gasteiger partial charge in [-0.2, -0.15) is 0 Å². The van der Waals surface area contributed by atoms with E-state index in [4.69, 9.17) is 0 Å². The quantitative estimate of drug-likeness (QED) is 0.780. The average molecular weight is 339 g/mol. The fourth-order valence-corrected chi connectivity index (χ4v) is 4.19. The van der Waals surface area contributed by atoms with Gasteiger partial charge in [0.05, 0.1) is 6.61 Å². The van der Waals surface area contributed by atoms with E-state index in [0.717, 1.165) is 19.4 Å². The van der Waals surface area contributed by atoms with Gasteiger partial charge in [-0.3, -0.25) is 9.69 Å². The first-order valence-electron chi connectivity index (χ1n) is 8.67. The number of hydrogen-bond acceptors (Lipinski definition) is 4. The van der Waals surface area contributed by atoms with E-state index in [1.165, 1.54) is 11.3 Å². The lowest BCUT2D eigenvalue weighted by Crippen LogP contribution is -2.42. The molecule has 2 aromatic heterocycles. The summed E-state index contributed by atoms with van der Waals surface area (Å²) in [4.78, 5) is 19.0. The Morgan fingerprint density at radius 3 is 2.84 bits per heavy atom. The lowest BCUT2D eigenvalue weighted by molar-refractivity contribution is 0.0962. The fraction of sp³-hybridized carbons (Fsp3) is 0.444. The summed E-state index contributed by atoms with van der Waals surface area (Å²) in [6.07, 6.45) is 3.56. The zero-order valence-electron chi connectivity index (χ0n) is 14.6. The lowest BCUT2D eigenvalue weighted by Gasteiger charge is -2.30. The maximum absolute atomic E-state index is 13.1. The molecule has 2 N–H and O–H groups in total. The van der Waals surface area contributed by atoms with Gasteiger partial charge in [-0.1, -0.05) is 13.8 Å². The van der Waals surface area contributed by atoms with Crippen LogP contribution in [0.1, 0.15) is 41.2 Å². The summed E-state index contributed by atoms with van der Waals surface area (Å²) in [7, 11) is -0.187. The van der Waals surface area contributed by atoms with Crippen LogP contribution < -0.4 is 10.4 Å². The number of pyridine rings is 1. The molecule has 25 heavy (non-hydrogen) atoms. The fourth-order valence-electron chi connectivity index (χ4n) is 4.19. The Balaban J connectivity index is 1.73. The number of nitrogens with zero attached hydrogens (tertiary/aromatic N) is 3. The van der Waals surface area contributed by atoms with Crippen LogP contribution in [0.5, 0.6) is 0 Å². The van der Waals surface area contributed by atoms with Crippen LogP contribution in [0.2, 0.25) is 0 Å². The number of aliphatic hydroxyl groups is 1. The van der Waals surface area contributed by atoms with Crippen molar-refractivity contribution < 1.29 is 14.9 Å². The van der Waals surface area contributed by atoms with E-state index >= 15 is 0 Å². The van der Waals surface area contributed by atoms with Crippen LogP contribution in [-0.4, -0.2) is 39.6 Å². The van der Waals surface area contributed by atoms with Crippen LogP contribution in [0.25, 0.3) is 0 Å². The lowest BCUT2D eigenvalue weighted by atomic mass is 9.85. The van der Waals surface area contributed by atoms with E-state index in [9.17, 15) is 14.9 Å². The van der Waals surface area contributed by atoms with Gasteiger partial charge in [0.1, 0.15) is 11.5 Å². The molecule has 2 aliphatic rings. The maximum Gasteiger partial charge on any atom is 0.305 e. The minimum atomic E-state index is -0.255. The molecule has 0 spiro atoms. The highest BCUT2D eigenvalue weighted by atomic mass is 16.3. The monoisotopic (exact) mass is 339 g/mol. The Labute approximate surface area is 147 Å². The summed E-state index contributed by atoms with van der Waals surface area (Å²) in [6.45, 7) is 5.50. The SMILES string of the molecule is CC1(C)Cc2cc3n(c2C1)CCN(c1nccc(BO)c1CO)C3=O. The van der Waals surface area contributed by atoms with Crippen molar-refractivity contribution in [1.82, 2.24) is 9.55 Å². The van der Waals surface area contributed by atoms with E-state index in [-0.39, 0.29) is 25.4 Å². The predicted molar refractivity (Wildman–Crippen MR) is 96.5 cm³/mol. The number of fused-ring (bicyclic) bond motifs is 3. The van der Waals surface area contributed by atoms with Gasteiger partial charge in [0.15, 0.2) is 0 Å². The van der Waals surface area contributed by atoms with E-state index in [0.29, 0.717) is 29.1 Å². The molecule has 0 fully saturated rings. The van der Waals surface area contributed by atoms with E-state index < -0.39 is 0 Å². The molecule has 0 saturated carbocycles. The Bertz CT molecular complexity index is 859. The Morgan fingerprint density at radius 2 is 2.12 bits per heavy atom. The summed E-state index contributed by atoms with van der Waals surface area (Å²) in [5.41, 5.74) is 4.64. The number of rotatable bonds is 3.